The lowest BCUT2D eigenvalue weighted by atomic mass is 9.82. The Hall–Kier alpha value is -1.78. The Bertz CT molecular complexity index is 1010. The quantitative estimate of drug-likeness (QED) is 0.764. The molecular weight excluding hydrogens is 400 g/mol. The summed E-state index contributed by atoms with van der Waals surface area (Å²) in [5.74, 6) is 0. The SMILES string of the molecule is Cc1ccc(S(=O)(=O)ON2CCC(NS(C)(=O)=O)(c3ccccc3)CC2)cc1. The molecule has 0 atom stereocenters. The smallest absolute Gasteiger partial charge is 0.213 e. The number of nitrogens with one attached hydrogen (secondary N) is 1. The topological polar surface area (TPSA) is 92.8 Å². The maximum Gasteiger partial charge on any atom is 0.313 e. The molecule has 1 aliphatic rings. The first kappa shape index (κ1) is 20.9. The number of hydrogen-bond donors (Lipinski definition) is 1. The van der Waals surface area contributed by atoms with Crippen LogP contribution in [0, 0.1) is 6.92 Å². The Balaban J connectivity index is 1.76. The number of hydrogen-bond acceptors (Lipinski definition) is 6. The Morgan fingerprint density at radius 1 is 0.929 bits per heavy atom. The van der Waals surface area contributed by atoms with Crippen LogP contribution in [0.4, 0.5) is 0 Å². The summed E-state index contributed by atoms with van der Waals surface area (Å²) in [5, 5.41) is 1.38. The van der Waals surface area contributed by atoms with E-state index in [9.17, 15) is 16.8 Å². The van der Waals surface area contributed by atoms with Crippen molar-refractivity contribution in [3.8, 4) is 0 Å². The molecule has 7 nitrogen and oxygen atoms in total. The highest BCUT2D eigenvalue weighted by Crippen LogP contribution is 2.34. The van der Waals surface area contributed by atoms with E-state index in [-0.39, 0.29) is 18.0 Å². The van der Waals surface area contributed by atoms with Gasteiger partial charge in [-0.3, -0.25) is 0 Å². The van der Waals surface area contributed by atoms with Gasteiger partial charge in [0.05, 0.1) is 16.7 Å². The van der Waals surface area contributed by atoms with Crippen molar-refractivity contribution in [1.82, 2.24) is 9.79 Å². The molecule has 9 heteroatoms. The molecule has 0 spiro atoms. The molecule has 1 heterocycles. The van der Waals surface area contributed by atoms with Crippen LogP contribution in [0.3, 0.4) is 0 Å². The molecular formula is C19H24N2O5S2. The number of hydroxylamine groups is 2. The van der Waals surface area contributed by atoms with E-state index >= 15 is 0 Å². The highest BCUT2D eigenvalue weighted by Gasteiger charge is 2.39. The van der Waals surface area contributed by atoms with E-state index < -0.39 is 25.7 Å². The van der Waals surface area contributed by atoms with Gasteiger partial charge in [-0.25, -0.2) is 13.1 Å². The highest BCUT2D eigenvalue weighted by molar-refractivity contribution is 7.88. The summed E-state index contributed by atoms with van der Waals surface area (Å²) in [6.45, 7) is 2.41. The summed E-state index contributed by atoms with van der Waals surface area (Å²) in [4.78, 5) is 0.0901. The van der Waals surface area contributed by atoms with Gasteiger partial charge in [-0.2, -0.15) is 17.8 Å². The molecule has 0 bridgehead atoms. The first-order chi connectivity index (χ1) is 13.1. The molecule has 28 heavy (non-hydrogen) atoms. The molecule has 1 fully saturated rings. The summed E-state index contributed by atoms with van der Waals surface area (Å²) < 4.78 is 56.9. The number of nitrogens with zero attached hydrogens (tertiary/aromatic N) is 1. The van der Waals surface area contributed by atoms with Crippen LogP contribution in [-0.2, 0) is 30.0 Å². The molecule has 1 saturated heterocycles. The summed E-state index contributed by atoms with van der Waals surface area (Å²) >= 11 is 0. The van der Waals surface area contributed by atoms with Crippen molar-refractivity contribution in [2.75, 3.05) is 19.3 Å². The number of piperidine rings is 1. The third kappa shape index (κ3) is 4.98. The number of sulfonamides is 1. The summed E-state index contributed by atoms with van der Waals surface area (Å²) in [5.41, 5.74) is 1.01. The van der Waals surface area contributed by atoms with Crippen LogP contribution in [0.1, 0.15) is 24.0 Å². The second-order valence-electron chi connectivity index (χ2n) is 7.09. The van der Waals surface area contributed by atoms with Gasteiger partial charge < -0.3 is 0 Å². The fourth-order valence-electron chi connectivity index (χ4n) is 3.39. The van der Waals surface area contributed by atoms with E-state index in [1.165, 1.54) is 17.2 Å². The van der Waals surface area contributed by atoms with Gasteiger partial charge >= 0.3 is 10.1 Å². The van der Waals surface area contributed by atoms with Crippen molar-refractivity contribution in [3.05, 3.63) is 65.7 Å². The number of rotatable bonds is 6. The van der Waals surface area contributed by atoms with Crippen LogP contribution < -0.4 is 4.72 Å². The van der Waals surface area contributed by atoms with Crippen molar-refractivity contribution < 1.29 is 21.1 Å². The van der Waals surface area contributed by atoms with E-state index in [1.54, 1.807) is 12.1 Å². The molecule has 0 radical (unpaired) electrons. The molecule has 0 saturated carbocycles. The normalized spacial score (nSPS) is 18.1. The average molecular weight is 425 g/mol. The lowest BCUT2D eigenvalue weighted by molar-refractivity contribution is -0.0820. The molecule has 0 amide bonds. The van der Waals surface area contributed by atoms with E-state index in [2.05, 4.69) is 4.72 Å². The number of benzene rings is 2. The first-order valence-electron chi connectivity index (χ1n) is 8.90. The maximum absolute atomic E-state index is 12.5. The highest BCUT2D eigenvalue weighted by atomic mass is 32.2. The second kappa shape index (κ2) is 7.92. The van der Waals surface area contributed by atoms with E-state index in [0.717, 1.165) is 17.4 Å². The van der Waals surface area contributed by atoms with Gasteiger partial charge in [-0.1, -0.05) is 48.0 Å². The molecule has 1 N–H and O–H groups in total. The molecule has 152 valence electrons. The first-order valence-corrected chi connectivity index (χ1v) is 12.2. The molecule has 0 aromatic heterocycles. The summed E-state index contributed by atoms with van der Waals surface area (Å²) in [7, 11) is -7.38. The van der Waals surface area contributed by atoms with Crippen molar-refractivity contribution in [3.63, 3.8) is 0 Å². The maximum atomic E-state index is 12.5. The third-order valence-electron chi connectivity index (χ3n) is 4.80. The standard InChI is InChI=1S/C19H24N2O5S2/c1-16-8-10-18(11-9-16)28(24,25)26-21-14-12-19(13-15-21,20-27(2,22)23)17-6-4-3-5-7-17/h3-11,20H,12-15H2,1-2H3. The molecule has 2 aromatic rings. The summed E-state index contributed by atoms with van der Waals surface area (Å²) in [6, 6.07) is 15.8. The predicted molar refractivity (Wildman–Crippen MR) is 106 cm³/mol. The van der Waals surface area contributed by atoms with Crippen molar-refractivity contribution in [2.24, 2.45) is 0 Å². The Labute approximate surface area is 166 Å². The van der Waals surface area contributed by atoms with Crippen molar-refractivity contribution >= 4 is 20.1 Å². The largest absolute Gasteiger partial charge is 0.313 e. The van der Waals surface area contributed by atoms with Crippen LogP contribution >= 0.6 is 0 Å². The minimum atomic E-state index is -3.93. The van der Waals surface area contributed by atoms with Gasteiger partial charge in [-0.15, -0.1) is 0 Å². The minimum absolute atomic E-state index is 0.0901. The fourth-order valence-corrected chi connectivity index (χ4v) is 5.40. The third-order valence-corrected chi connectivity index (χ3v) is 6.81. The van der Waals surface area contributed by atoms with E-state index in [1.807, 2.05) is 37.3 Å². The summed E-state index contributed by atoms with van der Waals surface area (Å²) in [6.07, 6.45) is 1.89. The van der Waals surface area contributed by atoms with Crippen molar-refractivity contribution in [1.29, 1.82) is 0 Å². The van der Waals surface area contributed by atoms with Crippen molar-refractivity contribution in [2.45, 2.75) is 30.2 Å². The molecule has 3 rings (SSSR count). The van der Waals surface area contributed by atoms with Crippen LogP contribution in [0.5, 0.6) is 0 Å². The van der Waals surface area contributed by atoms with Gasteiger partial charge in [0.1, 0.15) is 0 Å². The minimum Gasteiger partial charge on any atom is -0.213 e. The Morgan fingerprint density at radius 3 is 2.04 bits per heavy atom. The zero-order valence-electron chi connectivity index (χ0n) is 15.8. The Morgan fingerprint density at radius 2 is 1.50 bits per heavy atom. The fraction of sp³-hybridized carbons (Fsp3) is 0.368. The van der Waals surface area contributed by atoms with Crippen LogP contribution in [0.2, 0.25) is 0 Å². The Kier molecular flexibility index (Phi) is 5.92. The molecule has 1 aliphatic heterocycles. The predicted octanol–water partition coefficient (Wildman–Crippen LogP) is 2.16. The van der Waals surface area contributed by atoms with E-state index in [4.69, 9.17) is 4.28 Å². The number of aryl methyl sites for hydroxylation is 1. The van der Waals surface area contributed by atoms with Gasteiger partial charge in [0.15, 0.2) is 0 Å². The van der Waals surface area contributed by atoms with Gasteiger partial charge in [0.2, 0.25) is 10.0 Å². The molecule has 0 aliphatic carbocycles. The second-order valence-corrected chi connectivity index (χ2v) is 10.4. The van der Waals surface area contributed by atoms with Crippen LogP contribution in [0.15, 0.2) is 59.5 Å². The van der Waals surface area contributed by atoms with E-state index in [0.29, 0.717) is 12.8 Å². The molecule has 0 unspecified atom stereocenters. The lowest BCUT2D eigenvalue weighted by Crippen LogP contribution is -2.53. The van der Waals surface area contributed by atoms with Gasteiger partial charge in [0, 0.05) is 13.1 Å². The zero-order chi connectivity index (χ0) is 20.4. The monoisotopic (exact) mass is 424 g/mol. The molecule has 2 aromatic carbocycles. The average Bonchev–Trinajstić information content (AvgIpc) is 2.63. The van der Waals surface area contributed by atoms with Gasteiger partial charge in [0.25, 0.3) is 0 Å². The zero-order valence-corrected chi connectivity index (χ0v) is 17.5. The van der Waals surface area contributed by atoms with Gasteiger partial charge in [-0.05, 0) is 37.5 Å². The van der Waals surface area contributed by atoms with Crippen LogP contribution in [-0.4, -0.2) is 41.2 Å². The van der Waals surface area contributed by atoms with Crippen LogP contribution in [0.25, 0.3) is 0 Å². The lowest BCUT2D eigenvalue weighted by Gasteiger charge is -2.41.